The highest BCUT2D eigenvalue weighted by atomic mass is 28.4. The Hall–Kier alpha value is -1.76. The Balaban J connectivity index is 2.90. The molecule has 1 aromatic carbocycles. The number of amides is 1. The number of halogens is 5. The minimum atomic E-state index is -3.92. The summed E-state index contributed by atoms with van der Waals surface area (Å²) in [4.78, 5) is 21.9. The van der Waals surface area contributed by atoms with Crippen LogP contribution in [-0.2, 0) is 8.85 Å². The number of hydrogen-bond donors (Lipinski definition) is 2. The van der Waals surface area contributed by atoms with Crippen molar-refractivity contribution in [1.82, 2.24) is 5.32 Å². The van der Waals surface area contributed by atoms with Crippen LogP contribution < -0.4 is 10.1 Å². The van der Waals surface area contributed by atoms with Crippen LogP contribution in [0.25, 0.3) is 0 Å². The lowest BCUT2D eigenvalue weighted by molar-refractivity contribution is 0.0467. The molecular formula is C14H18F5NO5Si. The van der Waals surface area contributed by atoms with Crippen molar-refractivity contribution in [3.63, 3.8) is 0 Å². The summed E-state index contributed by atoms with van der Waals surface area (Å²) in [5.41, 5.74) is 0. The largest absolute Gasteiger partial charge is 0.519 e. The molecule has 1 aromatic rings. The maximum atomic E-state index is 13.5. The van der Waals surface area contributed by atoms with Crippen molar-refractivity contribution in [1.29, 1.82) is 0 Å². The number of rotatable bonds is 7. The average molecular weight is 403 g/mol. The molecule has 0 aliphatic carbocycles. The van der Waals surface area contributed by atoms with Crippen LogP contribution in [0.2, 0.25) is 0 Å². The second-order valence-corrected chi connectivity index (χ2v) is 7.94. The van der Waals surface area contributed by atoms with Crippen LogP contribution in [0, 0.1) is 29.1 Å². The summed E-state index contributed by atoms with van der Waals surface area (Å²) in [5, 5.41) is 1.92. The molecule has 0 heterocycles. The third-order valence-electron chi connectivity index (χ3n) is 2.66. The molecule has 12 heteroatoms. The highest BCUT2D eigenvalue weighted by Crippen LogP contribution is 2.29. The number of hydrogen-bond acceptors (Lipinski definition) is 5. The van der Waals surface area contributed by atoms with Crippen molar-refractivity contribution < 1.29 is 45.1 Å². The number of carbonyl (C=O) groups excluding carboxylic acids is 1. The Labute approximate surface area is 147 Å². The van der Waals surface area contributed by atoms with E-state index in [0.29, 0.717) is 0 Å². The Morgan fingerprint density at radius 2 is 1.31 bits per heavy atom. The van der Waals surface area contributed by atoms with Gasteiger partial charge in [-0.3, -0.25) is 0 Å². The molecule has 0 aliphatic rings. The van der Waals surface area contributed by atoms with Crippen LogP contribution in [0.5, 0.6) is 5.75 Å². The van der Waals surface area contributed by atoms with Crippen molar-refractivity contribution in [2.45, 2.75) is 39.9 Å². The molecule has 0 unspecified atom stereocenters. The maximum absolute atomic E-state index is 13.5. The van der Waals surface area contributed by atoms with E-state index in [4.69, 9.17) is 8.85 Å². The van der Waals surface area contributed by atoms with Gasteiger partial charge in [0.05, 0.1) is 6.17 Å². The van der Waals surface area contributed by atoms with Gasteiger partial charge in [-0.15, -0.1) is 0 Å². The van der Waals surface area contributed by atoms with E-state index in [2.05, 4.69) is 4.74 Å². The topological polar surface area (TPSA) is 77.0 Å². The van der Waals surface area contributed by atoms with Gasteiger partial charge in [-0.2, -0.15) is 8.78 Å². The van der Waals surface area contributed by atoms with Crippen LogP contribution in [0.1, 0.15) is 27.7 Å². The van der Waals surface area contributed by atoms with Gasteiger partial charge in [0.1, 0.15) is 0 Å². The van der Waals surface area contributed by atoms with Gasteiger partial charge in [-0.1, -0.05) is 0 Å². The second-order valence-electron chi connectivity index (χ2n) is 5.69. The quantitative estimate of drug-likeness (QED) is 0.317. The van der Waals surface area contributed by atoms with Gasteiger partial charge >= 0.3 is 14.9 Å². The first-order valence-electron chi connectivity index (χ1n) is 7.43. The Kier molecular flexibility index (Phi) is 7.50. The third-order valence-corrected chi connectivity index (χ3v) is 4.96. The molecule has 148 valence electrons. The lowest BCUT2D eigenvalue weighted by Gasteiger charge is -2.28. The summed E-state index contributed by atoms with van der Waals surface area (Å²) < 4.78 is 80.6. The SMILES string of the molecule is CC(C)O[Si](O)(CNC(=O)Oc1c(F)c(F)c(F)c(F)c1F)OC(C)C. The first kappa shape index (κ1) is 22.3. The average Bonchev–Trinajstić information content (AvgIpc) is 2.52. The third kappa shape index (κ3) is 5.62. The molecule has 0 aromatic heterocycles. The summed E-state index contributed by atoms with van der Waals surface area (Å²) in [6, 6.07) is 0. The monoisotopic (exact) mass is 403 g/mol. The normalized spacial score (nSPS) is 12.0. The fourth-order valence-corrected chi connectivity index (χ4v) is 3.90. The first-order valence-corrected chi connectivity index (χ1v) is 9.40. The highest BCUT2D eigenvalue weighted by molar-refractivity contribution is 6.59. The molecule has 26 heavy (non-hydrogen) atoms. The fraction of sp³-hybridized carbons (Fsp3) is 0.500. The number of nitrogens with one attached hydrogen (secondary N) is 1. The van der Waals surface area contributed by atoms with E-state index in [1.54, 1.807) is 27.7 Å². The molecule has 0 aliphatic heterocycles. The molecule has 6 nitrogen and oxygen atoms in total. The van der Waals surface area contributed by atoms with Gasteiger partial charge in [-0.05, 0) is 27.7 Å². The van der Waals surface area contributed by atoms with Crippen LogP contribution in [0.3, 0.4) is 0 Å². The zero-order valence-electron chi connectivity index (χ0n) is 14.3. The summed E-state index contributed by atoms with van der Waals surface area (Å²) >= 11 is 0. The summed E-state index contributed by atoms with van der Waals surface area (Å²) in [6.07, 6.45) is -3.13. The van der Waals surface area contributed by atoms with E-state index >= 15 is 0 Å². The van der Waals surface area contributed by atoms with E-state index in [9.17, 15) is 31.5 Å². The fourth-order valence-electron chi connectivity index (χ4n) is 1.83. The molecule has 0 saturated carbocycles. The van der Waals surface area contributed by atoms with Crippen LogP contribution in [0.15, 0.2) is 0 Å². The van der Waals surface area contributed by atoms with Gasteiger partial charge in [0, 0.05) is 12.2 Å². The van der Waals surface area contributed by atoms with Crippen molar-refractivity contribution >= 4 is 14.9 Å². The Morgan fingerprint density at radius 3 is 1.69 bits per heavy atom. The van der Waals surface area contributed by atoms with E-state index in [1.807, 2.05) is 5.32 Å². The molecule has 1 rings (SSSR count). The lowest BCUT2D eigenvalue weighted by atomic mass is 10.3. The summed E-state index contributed by atoms with van der Waals surface area (Å²) in [5.74, 6) is -13.3. The van der Waals surface area contributed by atoms with Crippen molar-refractivity contribution in [2.24, 2.45) is 0 Å². The van der Waals surface area contributed by atoms with Crippen LogP contribution in [-0.4, -0.2) is 38.1 Å². The standard InChI is InChI=1S/C14H18F5NO5Si/c1-6(2)24-26(22,25-7(3)4)5-20-14(21)23-13-11(18)9(16)8(15)10(17)12(13)19/h6-7,22H,5H2,1-4H3,(H,20,21). The van der Waals surface area contributed by atoms with Crippen LogP contribution >= 0.6 is 0 Å². The predicted molar refractivity (Wildman–Crippen MR) is 80.7 cm³/mol. The van der Waals surface area contributed by atoms with Gasteiger partial charge in [0.2, 0.25) is 34.8 Å². The molecule has 1 amide bonds. The summed E-state index contributed by atoms with van der Waals surface area (Å²) in [6.45, 7) is 6.37. The van der Waals surface area contributed by atoms with Crippen LogP contribution in [0.4, 0.5) is 26.7 Å². The molecule has 0 saturated heterocycles. The molecule has 0 radical (unpaired) electrons. The maximum Gasteiger partial charge on any atom is 0.519 e. The summed E-state index contributed by atoms with van der Waals surface area (Å²) in [7, 11) is -3.92. The lowest BCUT2D eigenvalue weighted by Crippen LogP contribution is -2.55. The molecule has 0 bridgehead atoms. The molecule has 2 N–H and O–H groups in total. The van der Waals surface area contributed by atoms with E-state index in [1.165, 1.54) is 0 Å². The second kappa shape index (κ2) is 8.75. The Morgan fingerprint density at radius 1 is 0.923 bits per heavy atom. The number of ether oxygens (including phenoxy) is 1. The van der Waals surface area contributed by atoms with Gasteiger partial charge in [0.25, 0.3) is 0 Å². The highest BCUT2D eigenvalue weighted by Gasteiger charge is 2.40. The minimum absolute atomic E-state index is 0.474. The van der Waals surface area contributed by atoms with Gasteiger partial charge < -0.3 is 23.7 Å². The van der Waals surface area contributed by atoms with Crippen molar-refractivity contribution in [3.05, 3.63) is 29.1 Å². The molecule has 0 atom stereocenters. The predicted octanol–water partition coefficient (Wildman–Crippen LogP) is 2.79. The van der Waals surface area contributed by atoms with E-state index in [-0.39, 0.29) is 0 Å². The van der Waals surface area contributed by atoms with E-state index in [0.717, 1.165) is 0 Å². The molecular weight excluding hydrogens is 385 g/mol. The molecule has 0 fully saturated rings. The van der Waals surface area contributed by atoms with Crippen molar-refractivity contribution in [3.8, 4) is 5.75 Å². The Bertz CT molecular complexity index is 635. The van der Waals surface area contributed by atoms with E-state index < -0.39 is 68.1 Å². The molecule has 0 spiro atoms. The van der Waals surface area contributed by atoms with Gasteiger partial charge in [-0.25, -0.2) is 18.0 Å². The first-order chi connectivity index (χ1) is 11.9. The zero-order chi connectivity index (χ0) is 20.2. The number of carbonyl (C=O) groups is 1. The van der Waals surface area contributed by atoms with Gasteiger partial charge in [0.15, 0.2) is 0 Å². The van der Waals surface area contributed by atoms with Crippen molar-refractivity contribution in [2.75, 3.05) is 6.17 Å². The zero-order valence-corrected chi connectivity index (χ0v) is 15.3. The minimum Gasteiger partial charge on any atom is -0.404 e. The smallest absolute Gasteiger partial charge is 0.404 e. The number of benzene rings is 1.